The second-order valence-electron chi connectivity index (χ2n) is 5.72. The van der Waals surface area contributed by atoms with E-state index < -0.39 is 5.60 Å². The van der Waals surface area contributed by atoms with Crippen LogP contribution in [0.2, 0.25) is 0 Å². The lowest BCUT2D eigenvalue weighted by Crippen LogP contribution is -2.36. The molecule has 1 aromatic rings. The normalized spacial score (nSPS) is 32.2. The third-order valence-electron chi connectivity index (χ3n) is 4.48. The first-order valence-corrected chi connectivity index (χ1v) is 6.81. The van der Waals surface area contributed by atoms with Crippen LogP contribution in [0.15, 0.2) is 43.0 Å². The van der Waals surface area contributed by atoms with Crippen molar-refractivity contribution in [1.82, 2.24) is 0 Å². The first kappa shape index (κ1) is 13.3. The number of halogens is 1. The van der Waals surface area contributed by atoms with Gasteiger partial charge in [-0.15, -0.1) is 0 Å². The van der Waals surface area contributed by atoms with Crippen molar-refractivity contribution in [3.05, 3.63) is 54.4 Å². The summed E-state index contributed by atoms with van der Waals surface area (Å²) in [5.41, 5.74) is 0.805. The fourth-order valence-corrected chi connectivity index (χ4v) is 3.22. The van der Waals surface area contributed by atoms with Gasteiger partial charge in [0.25, 0.3) is 0 Å². The van der Waals surface area contributed by atoms with E-state index in [-0.39, 0.29) is 23.4 Å². The molecule has 0 bridgehead atoms. The van der Waals surface area contributed by atoms with E-state index in [0.717, 1.165) is 5.57 Å². The van der Waals surface area contributed by atoms with Crippen molar-refractivity contribution in [3.63, 3.8) is 0 Å². The van der Waals surface area contributed by atoms with E-state index in [1.165, 1.54) is 6.07 Å². The van der Waals surface area contributed by atoms with E-state index >= 15 is 0 Å². The number of ketones is 1. The van der Waals surface area contributed by atoms with Crippen molar-refractivity contribution in [2.24, 2.45) is 11.8 Å². The van der Waals surface area contributed by atoms with Crippen LogP contribution in [-0.2, 0) is 9.53 Å². The largest absolute Gasteiger partial charge is 0.370 e. The van der Waals surface area contributed by atoms with Gasteiger partial charge in [-0.3, -0.25) is 4.79 Å². The van der Waals surface area contributed by atoms with Gasteiger partial charge in [0, 0.05) is 23.8 Å². The van der Waals surface area contributed by atoms with Gasteiger partial charge in [-0.05, 0) is 30.7 Å². The van der Waals surface area contributed by atoms with Gasteiger partial charge in [-0.25, -0.2) is 4.39 Å². The molecule has 3 rings (SSSR count). The second-order valence-corrected chi connectivity index (χ2v) is 5.72. The first-order chi connectivity index (χ1) is 9.51. The number of carbonyl (C=O) groups excluding carboxylic acids is 1. The van der Waals surface area contributed by atoms with E-state index in [1.807, 2.05) is 13.0 Å². The Morgan fingerprint density at radius 2 is 2.20 bits per heavy atom. The molecule has 3 heteroatoms. The van der Waals surface area contributed by atoms with Crippen LogP contribution in [0.4, 0.5) is 4.39 Å². The molecular weight excluding hydrogens is 255 g/mol. The SMILES string of the molecule is C=C(c1ccccc1F)[C@@H]1CO[C@]2(C)C=CC(=O)C[C@H]12. The fourth-order valence-electron chi connectivity index (χ4n) is 3.22. The molecule has 0 N–H and O–H groups in total. The van der Waals surface area contributed by atoms with Gasteiger partial charge in [0.2, 0.25) is 0 Å². The summed E-state index contributed by atoms with van der Waals surface area (Å²) in [6, 6.07) is 6.62. The molecule has 1 aliphatic carbocycles. The molecule has 1 heterocycles. The Morgan fingerprint density at radius 3 is 2.95 bits per heavy atom. The zero-order chi connectivity index (χ0) is 14.3. The molecule has 20 heavy (non-hydrogen) atoms. The monoisotopic (exact) mass is 272 g/mol. The first-order valence-electron chi connectivity index (χ1n) is 6.81. The third-order valence-corrected chi connectivity index (χ3v) is 4.48. The highest BCUT2D eigenvalue weighted by atomic mass is 19.1. The number of fused-ring (bicyclic) bond motifs is 1. The second kappa shape index (κ2) is 4.67. The molecule has 0 amide bonds. The summed E-state index contributed by atoms with van der Waals surface area (Å²) in [6.45, 7) is 6.52. The summed E-state index contributed by atoms with van der Waals surface area (Å²) >= 11 is 0. The van der Waals surface area contributed by atoms with Crippen molar-refractivity contribution < 1.29 is 13.9 Å². The molecule has 104 valence electrons. The predicted molar refractivity (Wildman–Crippen MR) is 75.5 cm³/mol. The van der Waals surface area contributed by atoms with Crippen LogP contribution in [0.3, 0.4) is 0 Å². The zero-order valence-electron chi connectivity index (χ0n) is 11.4. The maximum atomic E-state index is 13.9. The molecule has 0 saturated carbocycles. The molecule has 2 nitrogen and oxygen atoms in total. The Hall–Kier alpha value is -1.74. The minimum atomic E-state index is -0.438. The molecular formula is C17H17FO2. The summed E-state index contributed by atoms with van der Waals surface area (Å²) in [5, 5.41) is 0. The molecule has 0 radical (unpaired) electrons. The van der Waals surface area contributed by atoms with Crippen molar-refractivity contribution in [1.29, 1.82) is 0 Å². The van der Waals surface area contributed by atoms with Gasteiger partial charge in [-0.1, -0.05) is 24.8 Å². The molecule has 0 spiro atoms. The lowest BCUT2D eigenvalue weighted by molar-refractivity contribution is -0.117. The topological polar surface area (TPSA) is 26.3 Å². The molecule has 1 aliphatic heterocycles. The smallest absolute Gasteiger partial charge is 0.155 e. The van der Waals surface area contributed by atoms with Gasteiger partial charge >= 0.3 is 0 Å². The van der Waals surface area contributed by atoms with Crippen LogP contribution in [0.1, 0.15) is 18.9 Å². The minimum absolute atomic E-state index is 0.0224. The molecule has 1 saturated heterocycles. The van der Waals surface area contributed by atoms with Crippen LogP contribution in [0.5, 0.6) is 0 Å². The van der Waals surface area contributed by atoms with E-state index in [1.54, 1.807) is 24.3 Å². The lowest BCUT2D eigenvalue weighted by atomic mass is 9.72. The van der Waals surface area contributed by atoms with E-state index in [9.17, 15) is 9.18 Å². The van der Waals surface area contributed by atoms with Gasteiger partial charge in [0.15, 0.2) is 5.78 Å². The third kappa shape index (κ3) is 2.02. The Balaban J connectivity index is 1.93. The Bertz CT molecular complexity index is 605. The number of hydrogen-bond acceptors (Lipinski definition) is 2. The van der Waals surface area contributed by atoms with Crippen LogP contribution >= 0.6 is 0 Å². The summed E-state index contributed by atoms with van der Waals surface area (Å²) in [4.78, 5) is 11.7. The number of carbonyl (C=O) groups is 1. The summed E-state index contributed by atoms with van der Waals surface area (Å²) in [5.74, 6) is -0.161. The Morgan fingerprint density at radius 1 is 1.45 bits per heavy atom. The highest BCUT2D eigenvalue weighted by Crippen LogP contribution is 2.47. The average molecular weight is 272 g/mol. The fraction of sp³-hybridized carbons (Fsp3) is 0.353. The highest BCUT2D eigenvalue weighted by molar-refractivity contribution is 5.91. The predicted octanol–water partition coefficient (Wildman–Crippen LogP) is 3.39. The lowest BCUT2D eigenvalue weighted by Gasteiger charge is -2.32. The Kier molecular flexibility index (Phi) is 3.09. The van der Waals surface area contributed by atoms with Crippen LogP contribution in [-0.4, -0.2) is 18.0 Å². The minimum Gasteiger partial charge on any atom is -0.370 e. The van der Waals surface area contributed by atoms with Crippen molar-refractivity contribution in [3.8, 4) is 0 Å². The summed E-state index contributed by atoms with van der Waals surface area (Å²) in [6.07, 6.45) is 3.86. The maximum absolute atomic E-state index is 13.9. The van der Waals surface area contributed by atoms with Gasteiger partial charge in [0.05, 0.1) is 12.2 Å². The standard InChI is InChI=1S/C17H17FO2/c1-11(13-5-3-4-6-16(13)18)14-10-20-17(2)8-7-12(19)9-15(14)17/h3-8,14-15H,1,9-10H2,2H3/t14-,15+,17+/m0/s1. The average Bonchev–Trinajstić information content (AvgIpc) is 2.76. The number of allylic oxidation sites excluding steroid dienone is 1. The quantitative estimate of drug-likeness (QED) is 0.825. The van der Waals surface area contributed by atoms with Crippen LogP contribution in [0.25, 0.3) is 5.57 Å². The van der Waals surface area contributed by atoms with Gasteiger partial charge in [-0.2, -0.15) is 0 Å². The van der Waals surface area contributed by atoms with Crippen molar-refractivity contribution in [2.45, 2.75) is 18.9 Å². The van der Waals surface area contributed by atoms with Crippen molar-refractivity contribution in [2.75, 3.05) is 6.61 Å². The van der Waals surface area contributed by atoms with E-state index in [0.29, 0.717) is 18.6 Å². The molecule has 1 aromatic carbocycles. The number of hydrogen-bond donors (Lipinski definition) is 0. The van der Waals surface area contributed by atoms with Gasteiger partial charge < -0.3 is 4.74 Å². The van der Waals surface area contributed by atoms with E-state index in [2.05, 4.69) is 6.58 Å². The molecule has 0 aromatic heterocycles. The van der Waals surface area contributed by atoms with Crippen molar-refractivity contribution >= 4 is 11.4 Å². The molecule has 0 unspecified atom stereocenters. The number of rotatable bonds is 2. The Labute approximate surface area is 117 Å². The number of benzene rings is 1. The molecule has 2 aliphatic rings. The highest BCUT2D eigenvalue weighted by Gasteiger charge is 2.48. The molecule has 1 fully saturated rings. The number of ether oxygens (including phenoxy) is 1. The van der Waals surface area contributed by atoms with E-state index in [4.69, 9.17) is 4.74 Å². The summed E-state index contributed by atoms with van der Waals surface area (Å²) < 4.78 is 19.8. The maximum Gasteiger partial charge on any atom is 0.155 e. The van der Waals surface area contributed by atoms with Gasteiger partial charge in [0.1, 0.15) is 5.82 Å². The molecule has 3 atom stereocenters. The zero-order valence-corrected chi connectivity index (χ0v) is 11.4. The summed E-state index contributed by atoms with van der Waals surface area (Å²) in [7, 11) is 0. The van der Waals surface area contributed by atoms with Crippen LogP contribution < -0.4 is 0 Å². The van der Waals surface area contributed by atoms with Crippen LogP contribution in [0, 0.1) is 17.7 Å².